The van der Waals surface area contributed by atoms with Crippen molar-refractivity contribution >= 4 is 43.7 Å². The van der Waals surface area contributed by atoms with Crippen LogP contribution >= 0.6 is 22.7 Å². The molecule has 0 spiro atoms. The minimum absolute atomic E-state index is 0.0519. The summed E-state index contributed by atoms with van der Waals surface area (Å²) in [6.45, 7) is 0.971. The van der Waals surface area contributed by atoms with Crippen LogP contribution in [0.25, 0.3) is 22.0 Å². The number of aromatic nitrogens is 3. The number of benzene rings is 1. The molecule has 5 rings (SSSR count). The van der Waals surface area contributed by atoms with E-state index in [1.54, 1.807) is 11.6 Å². The van der Waals surface area contributed by atoms with E-state index in [1.165, 1.54) is 21.7 Å². The van der Waals surface area contributed by atoms with Crippen LogP contribution in [-0.4, -0.2) is 46.3 Å². The Balaban J connectivity index is 1.49. The molecule has 0 unspecified atom stereocenters. The number of sulfonamides is 1. The van der Waals surface area contributed by atoms with E-state index in [4.69, 9.17) is 0 Å². The number of thiazole rings is 1. The number of imidazole rings is 1. The molecule has 1 aliphatic heterocycles. The Morgan fingerprint density at radius 1 is 1.12 bits per heavy atom. The van der Waals surface area contributed by atoms with Gasteiger partial charge in [-0.15, -0.1) is 11.3 Å². The lowest BCUT2D eigenvalue weighted by Gasteiger charge is -2.15. The van der Waals surface area contributed by atoms with E-state index in [2.05, 4.69) is 15.3 Å². The number of rotatable bonds is 6. The van der Waals surface area contributed by atoms with Gasteiger partial charge < -0.3 is 4.57 Å². The highest BCUT2D eigenvalue weighted by molar-refractivity contribution is 7.89. The second-order valence-corrected chi connectivity index (χ2v) is 11.4. The predicted molar refractivity (Wildman–Crippen MR) is 130 cm³/mol. The molecule has 11 heteroatoms. The summed E-state index contributed by atoms with van der Waals surface area (Å²) >= 11 is 2.42. The molecule has 4 aromatic rings. The molecule has 0 radical (unpaired) electrons. The Hall–Kier alpha value is -2.86. The molecule has 1 N–H and O–H groups in total. The molecule has 33 heavy (non-hydrogen) atoms. The van der Waals surface area contributed by atoms with Gasteiger partial charge in [0.25, 0.3) is 5.91 Å². The summed E-state index contributed by atoms with van der Waals surface area (Å²) in [5.41, 5.74) is 1.61. The minimum Gasteiger partial charge on any atom is -0.333 e. The van der Waals surface area contributed by atoms with Crippen LogP contribution in [0, 0.1) is 0 Å². The highest BCUT2D eigenvalue weighted by Gasteiger charge is 2.32. The third kappa shape index (κ3) is 4.12. The quantitative estimate of drug-likeness (QED) is 0.426. The van der Waals surface area contributed by atoms with Gasteiger partial charge in [0.05, 0.1) is 10.6 Å². The lowest BCUT2D eigenvalue weighted by molar-refractivity contribution is 0.102. The lowest BCUT2D eigenvalue weighted by Crippen LogP contribution is -2.29. The van der Waals surface area contributed by atoms with Crippen molar-refractivity contribution in [1.29, 1.82) is 0 Å². The topological polar surface area (TPSA) is 97.2 Å². The maximum Gasteiger partial charge on any atom is 0.268 e. The molecule has 1 saturated heterocycles. The Morgan fingerprint density at radius 2 is 1.88 bits per heavy atom. The number of thiophene rings is 1. The first kappa shape index (κ1) is 22.0. The third-order valence-corrected chi connectivity index (χ3v) is 9.39. The number of hydrogen-bond acceptors (Lipinski definition) is 7. The van der Waals surface area contributed by atoms with E-state index in [1.807, 2.05) is 48.1 Å². The number of hydrogen-bond donors (Lipinski definition) is 1. The number of carbonyl (C=O) groups is 1. The number of aryl methyl sites for hydroxylation is 1. The fourth-order valence-corrected chi connectivity index (χ4v) is 7.62. The van der Waals surface area contributed by atoms with E-state index < -0.39 is 15.9 Å². The molecule has 0 saturated carbocycles. The maximum absolute atomic E-state index is 13.1. The zero-order chi connectivity index (χ0) is 23.0. The van der Waals surface area contributed by atoms with Crippen molar-refractivity contribution in [3.63, 3.8) is 0 Å². The van der Waals surface area contributed by atoms with Crippen LogP contribution in [0.5, 0.6) is 0 Å². The van der Waals surface area contributed by atoms with Crippen LogP contribution in [0.2, 0.25) is 0 Å². The average molecular weight is 500 g/mol. The zero-order valence-electron chi connectivity index (χ0n) is 17.8. The van der Waals surface area contributed by atoms with Gasteiger partial charge in [-0.2, -0.15) is 4.31 Å². The zero-order valence-corrected chi connectivity index (χ0v) is 20.2. The molecule has 1 aliphatic rings. The fraction of sp³-hybridized carbons (Fsp3) is 0.227. The van der Waals surface area contributed by atoms with E-state index in [0.717, 1.165) is 40.4 Å². The lowest BCUT2D eigenvalue weighted by atomic mass is 10.1. The highest BCUT2D eigenvalue weighted by Crippen LogP contribution is 2.38. The largest absolute Gasteiger partial charge is 0.333 e. The standard InChI is InChI=1S/C22H21N5O3S3/c1-26-13-10-23-20(26)19-17(15-7-3-2-4-8-15)24-22(32-19)25-21(28)18-16(9-14-31-18)33(29,30)27-11-5-6-12-27/h2-4,7-10,13-14H,5-6,11-12H2,1H3,(H,24,25,28). The third-order valence-electron chi connectivity index (χ3n) is 5.44. The van der Waals surface area contributed by atoms with Crippen molar-refractivity contribution in [3.05, 3.63) is 59.0 Å². The minimum atomic E-state index is -3.70. The van der Waals surface area contributed by atoms with E-state index in [9.17, 15) is 13.2 Å². The van der Waals surface area contributed by atoms with Gasteiger partial charge in [-0.1, -0.05) is 41.7 Å². The summed E-state index contributed by atoms with van der Waals surface area (Å²) in [6, 6.07) is 11.2. The summed E-state index contributed by atoms with van der Waals surface area (Å²) in [7, 11) is -1.80. The van der Waals surface area contributed by atoms with Crippen molar-refractivity contribution in [2.24, 2.45) is 7.05 Å². The highest BCUT2D eigenvalue weighted by atomic mass is 32.2. The van der Waals surface area contributed by atoms with Crippen molar-refractivity contribution in [2.75, 3.05) is 18.4 Å². The smallest absolute Gasteiger partial charge is 0.268 e. The molecule has 0 aliphatic carbocycles. The van der Waals surface area contributed by atoms with Gasteiger partial charge in [-0.05, 0) is 24.3 Å². The molecule has 8 nitrogen and oxygen atoms in total. The molecular weight excluding hydrogens is 478 g/mol. The van der Waals surface area contributed by atoms with Gasteiger partial charge in [-0.3, -0.25) is 10.1 Å². The molecule has 0 atom stereocenters. The predicted octanol–water partition coefficient (Wildman–Crippen LogP) is 4.31. The molecular formula is C22H21N5O3S3. The number of nitrogens with zero attached hydrogens (tertiary/aromatic N) is 4. The van der Waals surface area contributed by atoms with Gasteiger partial charge in [0.1, 0.15) is 9.77 Å². The summed E-state index contributed by atoms with van der Waals surface area (Å²) in [4.78, 5) is 23.3. The molecule has 170 valence electrons. The van der Waals surface area contributed by atoms with E-state index in [0.29, 0.717) is 23.9 Å². The number of amides is 1. The SMILES string of the molecule is Cn1ccnc1-c1sc(NC(=O)c2sccc2S(=O)(=O)N2CCCC2)nc1-c1ccccc1. The first-order valence-electron chi connectivity index (χ1n) is 10.4. The molecule has 1 amide bonds. The van der Waals surface area contributed by atoms with Crippen LogP contribution < -0.4 is 5.32 Å². The van der Waals surface area contributed by atoms with Gasteiger partial charge in [0.2, 0.25) is 10.0 Å². The first-order chi connectivity index (χ1) is 15.9. The summed E-state index contributed by atoms with van der Waals surface area (Å²) < 4.78 is 29.4. The monoisotopic (exact) mass is 499 g/mol. The van der Waals surface area contributed by atoms with Crippen LogP contribution in [0.4, 0.5) is 5.13 Å². The normalized spacial score (nSPS) is 14.6. The van der Waals surface area contributed by atoms with E-state index >= 15 is 0 Å². The fourth-order valence-electron chi connectivity index (χ4n) is 3.79. The summed E-state index contributed by atoms with van der Waals surface area (Å²) in [5.74, 6) is 0.253. The van der Waals surface area contributed by atoms with Gasteiger partial charge >= 0.3 is 0 Å². The van der Waals surface area contributed by atoms with Gasteiger partial charge in [0.15, 0.2) is 11.0 Å². The Kier molecular flexibility index (Phi) is 5.87. The Labute approximate surface area is 199 Å². The van der Waals surface area contributed by atoms with Crippen molar-refractivity contribution in [2.45, 2.75) is 17.7 Å². The van der Waals surface area contributed by atoms with Crippen LogP contribution in [0.3, 0.4) is 0 Å². The summed E-state index contributed by atoms with van der Waals surface area (Å²) in [5, 5.41) is 4.84. The second kappa shape index (κ2) is 8.82. The second-order valence-electron chi connectivity index (χ2n) is 7.60. The van der Waals surface area contributed by atoms with Crippen molar-refractivity contribution in [3.8, 4) is 22.0 Å². The average Bonchev–Trinajstić information content (AvgIpc) is 3.60. The van der Waals surface area contributed by atoms with Crippen molar-refractivity contribution in [1.82, 2.24) is 18.8 Å². The molecule has 1 fully saturated rings. The molecule has 3 aromatic heterocycles. The van der Waals surface area contributed by atoms with Gasteiger partial charge in [0, 0.05) is 38.1 Å². The van der Waals surface area contributed by atoms with Crippen LogP contribution in [0.15, 0.2) is 59.1 Å². The maximum atomic E-state index is 13.1. The van der Waals surface area contributed by atoms with Crippen LogP contribution in [0.1, 0.15) is 22.5 Å². The van der Waals surface area contributed by atoms with Crippen molar-refractivity contribution < 1.29 is 13.2 Å². The molecule has 1 aromatic carbocycles. The van der Waals surface area contributed by atoms with Gasteiger partial charge in [-0.25, -0.2) is 18.4 Å². The molecule has 0 bridgehead atoms. The number of anilines is 1. The number of nitrogens with one attached hydrogen (secondary N) is 1. The Morgan fingerprint density at radius 3 is 2.58 bits per heavy atom. The molecule has 4 heterocycles. The summed E-state index contributed by atoms with van der Waals surface area (Å²) in [6.07, 6.45) is 5.23. The van der Waals surface area contributed by atoms with E-state index in [-0.39, 0.29) is 9.77 Å². The van der Waals surface area contributed by atoms with Crippen LogP contribution in [-0.2, 0) is 17.1 Å². The first-order valence-corrected chi connectivity index (χ1v) is 13.5. The Bertz CT molecular complexity index is 1400. The number of carbonyl (C=O) groups excluding carboxylic acids is 1.